The van der Waals surface area contributed by atoms with Crippen LogP contribution in [0.4, 0.5) is 18.9 Å². The highest BCUT2D eigenvalue weighted by Crippen LogP contribution is 2.32. The first kappa shape index (κ1) is 19.3. The minimum absolute atomic E-state index is 0.180. The maximum atomic E-state index is 13.3. The third-order valence-corrected chi connectivity index (χ3v) is 3.56. The lowest BCUT2D eigenvalue weighted by Crippen LogP contribution is -2.34. The van der Waals surface area contributed by atoms with Crippen molar-refractivity contribution in [2.75, 3.05) is 12.4 Å². The van der Waals surface area contributed by atoms with Gasteiger partial charge in [0, 0.05) is 0 Å². The van der Waals surface area contributed by atoms with E-state index in [1.807, 2.05) is 0 Å². The van der Waals surface area contributed by atoms with Crippen molar-refractivity contribution in [1.82, 2.24) is 9.78 Å². The fraction of sp³-hybridized carbons (Fsp3) is 0.312. The van der Waals surface area contributed by atoms with Gasteiger partial charge in [-0.15, -0.1) is 0 Å². The van der Waals surface area contributed by atoms with Crippen molar-refractivity contribution in [2.24, 2.45) is 0 Å². The molecular formula is C16H16F3N3O4. The van der Waals surface area contributed by atoms with Gasteiger partial charge in [0.05, 0.1) is 25.5 Å². The van der Waals surface area contributed by atoms with Gasteiger partial charge in [-0.2, -0.15) is 18.3 Å². The first-order valence-electron chi connectivity index (χ1n) is 7.43. The summed E-state index contributed by atoms with van der Waals surface area (Å²) in [4.78, 5) is 23.1. The predicted molar refractivity (Wildman–Crippen MR) is 86.3 cm³/mol. The van der Waals surface area contributed by atoms with E-state index in [-0.39, 0.29) is 6.54 Å². The number of aromatic nitrogens is 2. The molecule has 2 rings (SSSR count). The van der Waals surface area contributed by atoms with Crippen LogP contribution < -0.4 is 15.6 Å². The van der Waals surface area contributed by atoms with Crippen LogP contribution in [-0.4, -0.2) is 34.0 Å². The molecule has 10 heteroatoms. The summed E-state index contributed by atoms with van der Waals surface area (Å²) in [6, 6.07) is 5.08. The summed E-state index contributed by atoms with van der Waals surface area (Å²) >= 11 is 0. The second-order valence-corrected chi connectivity index (χ2v) is 5.45. The molecule has 1 aromatic heterocycles. The molecule has 0 bridgehead atoms. The van der Waals surface area contributed by atoms with Crippen LogP contribution in [0.1, 0.15) is 18.1 Å². The largest absolute Gasteiger partial charge is 0.497 e. The number of aliphatic carboxylic acids is 1. The van der Waals surface area contributed by atoms with E-state index in [0.717, 1.165) is 13.1 Å². The molecule has 0 unspecified atom stereocenters. The number of alkyl halides is 3. The van der Waals surface area contributed by atoms with Crippen LogP contribution in [0, 0.1) is 0 Å². The Morgan fingerprint density at radius 1 is 1.35 bits per heavy atom. The SMILES string of the molecule is COc1ccc(Cn2ncc(N[C@@H](C)C(=O)O)c(C(F)(F)F)c2=O)cc1. The van der Waals surface area contributed by atoms with E-state index in [9.17, 15) is 22.8 Å². The molecule has 26 heavy (non-hydrogen) atoms. The number of benzene rings is 1. The van der Waals surface area contributed by atoms with Crippen molar-refractivity contribution in [3.05, 3.63) is 51.9 Å². The molecule has 0 radical (unpaired) electrons. The van der Waals surface area contributed by atoms with E-state index in [0.29, 0.717) is 16.0 Å². The van der Waals surface area contributed by atoms with E-state index >= 15 is 0 Å². The van der Waals surface area contributed by atoms with E-state index in [1.54, 1.807) is 24.3 Å². The summed E-state index contributed by atoms with van der Waals surface area (Å²) in [5.74, 6) is -0.798. The van der Waals surface area contributed by atoms with Crippen molar-refractivity contribution in [2.45, 2.75) is 25.7 Å². The van der Waals surface area contributed by atoms with Crippen molar-refractivity contribution in [3.8, 4) is 5.75 Å². The molecule has 0 saturated heterocycles. The Morgan fingerprint density at radius 3 is 2.46 bits per heavy atom. The second-order valence-electron chi connectivity index (χ2n) is 5.45. The number of rotatable bonds is 6. The van der Waals surface area contributed by atoms with E-state index in [1.165, 1.54) is 7.11 Å². The normalized spacial score (nSPS) is 12.5. The van der Waals surface area contributed by atoms with Gasteiger partial charge in [-0.1, -0.05) is 12.1 Å². The maximum Gasteiger partial charge on any atom is 0.423 e. The molecule has 7 nitrogen and oxygen atoms in total. The number of carbonyl (C=O) groups is 1. The lowest BCUT2D eigenvalue weighted by molar-refractivity contribution is -0.140. The summed E-state index contributed by atoms with van der Waals surface area (Å²) in [5, 5.41) is 14.7. The maximum absolute atomic E-state index is 13.3. The standard InChI is InChI=1S/C16H16F3N3O4/c1-9(15(24)25)21-12-7-20-22(14(23)13(12)16(17,18)19)8-10-3-5-11(26-2)6-4-10/h3-7,9,21H,8H2,1-2H3,(H,24,25)/t9-/m0/s1. The van der Waals surface area contributed by atoms with Crippen LogP contribution in [0.15, 0.2) is 35.3 Å². The van der Waals surface area contributed by atoms with Crippen LogP contribution in [0.25, 0.3) is 0 Å². The zero-order chi connectivity index (χ0) is 19.5. The lowest BCUT2D eigenvalue weighted by atomic mass is 10.2. The number of anilines is 1. The molecule has 0 aliphatic rings. The van der Waals surface area contributed by atoms with Gasteiger partial charge in [-0.25, -0.2) is 4.68 Å². The average molecular weight is 371 g/mol. The quantitative estimate of drug-likeness (QED) is 0.809. The number of nitrogens with zero attached hydrogens (tertiary/aromatic N) is 2. The number of halogens is 3. The molecule has 0 aliphatic heterocycles. The number of nitrogens with one attached hydrogen (secondary N) is 1. The first-order chi connectivity index (χ1) is 12.1. The summed E-state index contributed by atoms with van der Waals surface area (Å²) in [6.45, 7) is 0.978. The molecule has 140 valence electrons. The monoisotopic (exact) mass is 371 g/mol. The molecule has 2 aromatic rings. The summed E-state index contributed by atoms with van der Waals surface area (Å²) in [5.41, 5.74) is -2.98. The fourth-order valence-electron chi connectivity index (χ4n) is 2.18. The molecule has 2 N–H and O–H groups in total. The van der Waals surface area contributed by atoms with Crippen LogP contribution in [0.2, 0.25) is 0 Å². The van der Waals surface area contributed by atoms with Gasteiger partial charge in [0.25, 0.3) is 5.56 Å². The van der Waals surface area contributed by atoms with Crippen molar-refractivity contribution in [1.29, 1.82) is 0 Å². The van der Waals surface area contributed by atoms with Crippen LogP contribution in [-0.2, 0) is 17.5 Å². The van der Waals surface area contributed by atoms with E-state index in [4.69, 9.17) is 9.84 Å². The number of hydrogen-bond acceptors (Lipinski definition) is 5. The van der Waals surface area contributed by atoms with E-state index < -0.39 is 35.0 Å². The van der Waals surface area contributed by atoms with Gasteiger partial charge in [0.2, 0.25) is 0 Å². The van der Waals surface area contributed by atoms with Gasteiger partial charge in [0.15, 0.2) is 0 Å². The molecular weight excluding hydrogens is 355 g/mol. The third kappa shape index (κ3) is 4.32. The smallest absolute Gasteiger partial charge is 0.423 e. The molecule has 0 fully saturated rings. The van der Waals surface area contributed by atoms with E-state index in [2.05, 4.69) is 10.4 Å². The van der Waals surface area contributed by atoms with Gasteiger partial charge in [0.1, 0.15) is 17.4 Å². The van der Waals surface area contributed by atoms with Crippen LogP contribution >= 0.6 is 0 Å². The molecule has 0 spiro atoms. The zero-order valence-electron chi connectivity index (χ0n) is 13.9. The summed E-state index contributed by atoms with van der Waals surface area (Å²) in [6.07, 6.45) is -4.17. The second kappa shape index (κ2) is 7.46. The number of ether oxygens (including phenoxy) is 1. The highest BCUT2D eigenvalue weighted by Gasteiger charge is 2.38. The zero-order valence-corrected chi connectivity index (χ0v) is 13.9. The molecule has 1 atom stereocenters. The van der Waals surface area contributed by atoms with Gasteiger partial charge < -0.3 is 15.2 Å². The Balaban J connectivity index is 2.42. The Kier molecular flexibility index (Phi) is 5.53. The Bertz CT molecular complexity index is 847. The molecule has 0 amide bonds. The summed E-state index contributed by atoms with van der Waals surface area (Å²) in [7, 11) is 1.47. The number of methoxy groups -OCH3 is 1. The number of hydrogen-bond donors (Lipinski definition) is 2. The number of carboxylic acids is 1. The van der Waals surface area contributed by atoms with Crippen LogP contribution in [0.3, 0.4) is 0 Å². The Morgan fingerprint density at radius 2 is 1.96 bits per heavy atom. The van der Waals surface area contributed by atoms with Crippen LogP contribution in [0.5, 0.6) is 5.75 Å². The molecule has 0 saturated carbocycles. The first-order valence-corrected chi connectivity index (χ1v) is 7.43. The minimum Gasteiger partial charge on any atom is -0.497 e. The van der Waals surface area contributed by atoms with Gasteiger partial charge >= 0.3 is 12.1 Å². The highest BCUT2D eigenvalue weighted by atomic mass is 19.4. The third-order valence-electron chi connectivity index (χ3n) is 3.56. The van der Waals surface area contributed by atoms with Gasteiger partial charge in [-0.05, 0) is 24.6 Å². The average Bonchev–Trinajstić information content (AvgIpc) is 2.56. The molecule has 1 aromatic carbocycles. The van der Waals surface area contributed by atoms with Crippen molar-refractivity contribution >= 4 is 11.7 Å². The Hall–Kier alpha value is -3.04. The topological polar surface area (TPSA) is 93.4 Å². The Labute approximate surface area is 146 Å². The van der Waals surface area contributed by atoms with Crippen molar-refractivity contribution < 1.29 is 27.8 Å². The fourth-order valence-corrected chi connectivity index (χ4v) is 2.18. The lowest BCUT2D eigenvalue weighted by Gasteiger charge is -2.17. The molecule has 1 heterocycles. The number of carboxylic acid groups (broad SMARTS) is 1. The molecule has 0 aliphatic carbocycles. The summed E-state index contributed by atoms with van der Waals surface area (Å²) < 4.78 is 45.7. The highest BCUT2D eigenvalue weighted by molar-refractivity contribution is 5.77. The van der Waals surface area contributed by atoms with Gasteiger partial charge in [-0.3, -0.25) is 9.59 Å². The minimum atomic E-state index is -4.97. The van der Waals surface area contributed by atoms with Crippen molar-refractivity contribution in [3.63, 3.8) is 0 Å². The predicted octanol–water partition coefficient (Wildman–Crippen LogP) is 2.20.